The van der Waals surface area contributed by atoms with E-state index in [9.17, 15) is 13.2 Å². The summed E-state index contributed by atoms with van der Waals surface area (Å²) < 4.78 is 28.2. The van der Waals surface area contributed by atoms with Gasteiger partial charge in [-0.25, -0.2) is 18.5 Å². The van der Waals surface area contributed by atoms with Crippen LogP contribution < -0.4 is 15.8 Å². The highest BCUT2D eigenvalue weighted by Gasteiger charge is 2.25. The summed E-state index contributed by atoms with van der Waals surface area (Å²) in [6.07, 6.45) is 3.71. The molecule has 1 amide bonds. The fraction of sp³-hybridized carbons (Fsp3) is 0.429. The first-order valence-corrected chi connectivity index (χ1v) is 11.9. The summed E-state index contributed by atoms with van der Waals surface area (Å²) in [5, 5.41) is 11.9. The van der Waals surface area contributed by atoms with Crippen LogP contribution in [-0.2, 0) is 27.8 Å². The van der Waals surface area contributed by atoms with E-state index in [1.807, 2.05) is 24.0 Å². The second-order valence-electron chi connectivity index (χ2n) is 7.43. The Bertz CT molecular complexity index is 994. The van der Waals surface area contributed by atoms with Crippen LogP contribution in [0.2, 0.25) is 0 Å². The first-order chi connectivity index (χ1) is 14.8. The quantitative estimate of drug-likeness (QED) is 0.250. The van der Waals surface area contributed by atoms with Crippen molar-refractivity contribution in [1.29, 1.82) is 0 Å². The van der Waals surface area contributed by atoms with Crippen LogP contribution in [0.25, 0.3) is 0 Å². The Hall–Kier alpha value is -2.12. The molecule has 11 heteroatoms. The Kier molecular flexibility index (Phi) is 9.97. The lowest BCUT2D eigenvalue weighted by Gasteiger charge is -2.19. The number of hydrogen-bond acceptors (Lipinski definition) is 5. The van der Waals surface area contributed by atoms with Crippen LogP contribution in [0.3, 0.4) is 0 Å². The predicted octanol–water partition coefficient (Wildman–Crippen LogP) is 1.83. The molecule has 1 aliphatic rings. The number of benzene rings is 1. The van der Waals surface area contributed by atoms with Gasteiger partial charge in [-0.1, -0.05) is 19.1 Å². The molecule has 2 heterocycles. The molecule has 1 aromatic heterocycles. The van der Waals surface area contributed by atoms with Gasteiger partial charge in [0.2, 0.25) is 15.9 Å². The minimum absolute atomic E-state index is 0. The average molecular weight is 575 g/mol. The highest BCUT2D eigenvalue weighted by atomic mass is 127. The van der Waals surface area contributed by atoms with Crippen molar-refractivity contribution < 1.29 is 17.6 Å². The van der Waals surface area contributed by atoms with Crippen molar-refractivity contribution in [3.8, 4) is 0 Å². The molecule has 4 N–H and O–H groups in total. The number of amides is 1. The summed E-state index contributed by atoms with van der Waals surface area (Å²) in [6, 6.07) is 10.2. The zero-order chi connectivity index (χ0) is 22.3. The molecule has 1 aliphatic heterocycles. The van der Waals surface area contributed by atoms with E-state index in [0.717, 1.165) is 24.3 Å². The van der Waals surface area contributed by atoms with Crippen molar-refractivity contribution >= 4 is 45.9 Å². The van der Waals surface area contributed by atoms with Gasteiger partial charge >= 0.3 is 0 Å². The van der Waals surface area contributed by atoms with Crippen molar-refractivity contribution in [2.45, 2.75) is 43.7 Å². The van der Waals surface area contributed by atoms with E-state index in [4.69, 9.17) is 9.56 Å². The van der Waals surface area contributed by atoms with Crippen LogP contribution in [-0.4, -0.2) is 50.9 Å². The van der Waals surface area contributed by atoms with Gasteiger partial charge < -0.3 is 20.0 Å². The van der Waals surface area contributed by atoms with Crippen LogP contribution >= 0.6 is 24.0 Å². The van der Waals surface area contributed by atoms with Gasteiger partial charge in [-0.3, -0.25) is 4.79 Å². The van der Waals surface area contributed by atoms with Gasteiger partial charge in [-0.05, 0) is 36.2 Å². The van der Waals surface area contributed by atoms with Crippen LogP contribution in [0, 0.1) is 0 Å². The number of carbonyl (C=O) groups excluding carboxylic acids is 1. The maximum atomic E-state index is 11.9. The highest BCUT2D eigenvalue weighted by molar-refractivity contribution is 14.0. The van der Waals surface area contributed by atoms with E-state index in [0.29, 0.717) is 38.4 Å². The third kappa shape index (κ3) is 7.78. The molecule has 0 aliphatic carbocycles. The predicted molar refractivity (Wildman–Crippen MR) is 133 cm³/mol. The molecule has 1 fully saturated rings. The molecule has 0 spiro atoms. The number of aliphatic imine (C=N–C) groups is 1. The summed E-state index contributed by atoms with van der Waals surface area (Å²) in [7, 11) is -3.72. The monoisotopic (exact) mass is 575 g/mol. The molecule has 2 aromatic rings. The molecule has 1 atom stereocenters. The maximum Gasteiger partial charge on any atom is 0.238 e. The lowest BCUT2D eigenvalue weighted by molar-refractivity contribution is -0.129. The van der Waals surface area contributed by atoms with Crippen molar-refractivity contribution in [1.82, 2.24) is 15.5 Å². The van der Waals surface area contributed by atoms with Crippen LogP contribution in [0.1, 0.15) is 31.1 Å². The normalized spacial score (nSPS) is 16.5. The summed E-state index contributed by atoms with van der Waals surface area (Å²) in [5.74, 6) is 1.67. The van der Waals surface area contributed by atoms with E-state index in [1.165, 1.54) is 12.1 Å². The Morgan fingerprint density at radius 2 is 2.03 bits per heavy atom. The minimum atomic E-state index is -3.72. The molecule has 9 nitrogen and oxygen atoms in total. The molecule has 0 saturated carbocycles. The summed E-state index contributed by atoms with van der Waals surface area (Å²) in [4.78, 5) is 18.5. The van der Waals surface area contributed by atoms with E-state index in [-0.39, 0.29) is 40.8 Å². The number of rotatable bonds is 8. The minimum Gasteiger partial charge on any atom is -0.469 e. The van der Waals surface area contributed by atoms with Gasteiger partial charge in [-0.2, -0.15) is 0 Å². The Balaban J connectivity index is 0.00000363. The maximum absolute atomic E-state index is 11.9. The second-order valence-corrected chi connectivity index (χ2v) is 8.99. The molecule has 1 unspecified atom stereocenters. The van der Waals surface area contributed by atoms with Crippen molar-refractivity contribution in [2.75, 3.05) is 19.6 Å². The number of nitrogens with two attached hydrogens (primary N) is 1. The molecule has 32 heavy (non-hydrogen) atoms. The number of halogens is 1. The molecule has 1 aromatic carbocycles. The first-order valence-electron chi connectivity index (χ1n) is 10.3. The number of carbonyl (C=O) groups is 1. The topological polar surface area (TPSA) is 130 Å². The van der Waals surface area contributed by atoms with E-state index in [2.05, 4.69) is 15.6 Å². The second kappa shape index (κ2) is 12.2. The largest absolute Gasteiger partial charge is 0.469 e. The molecule has 3 rings (SSSR count). The molecule has 1 saturated heterocycles. The molecular weight excluding hydrogens is 545 g/mol. The third-order valence-electron chi connectivity index (χ3n) is 5.10. The number of nitrogens with one attached hydrogen (secondary N) is 2. The number of guanidine groups is 1. The SMILES string of the molecule is CCC(=O)N1CCC(NC(=NCc2ccc(S(N)(=O)=O)cc2)NCCc2ccco2)C1.I. The van der Waals surface area contributed by atoms with E-state index < -0.39 is 10.0 Å². The standard InChI is InChI=1S/C21H29N5O4S.HI/c1-2-20(27)26-12-10-17(15-26)25-21(23-11-9-18-4-3-13-30-18)24-14-16-5-7-19(8-6-16)31(22,28)29;/h3-8,13,17H,2,9-12,14-15H2,1H3,(H2,22,28,29)(H2,23,24,25);1H. The van der Waals surface area contributed by atoms with Gasteiger partial charge in [0.25, 0.3) is 0 Å². The first kappa shape index (κ1) is 26.1. The number of likely N-dealkylation sites (tertiary alicyclic amines) is 1. The Morgan fingerprint density at radius 3 is 2.66 bits per heavy atom. The average Bonchev–Trinajstić information content (AvgIpc) is 3.43. The number of primary sulfonamides is 1. The van der Waals surface area contributed by atoms with Crippen molar-refractivity contribution in [3.63, 3.8) is 0 Å². The van der Waals surface area contributed by atoms with Crippen molar-refractivity contribution in [2.24, 2.45) is 10.1 Å². The van der Waals surface area contributed by atoms with E-state index >= 15 is 0 Å². The zero-order valence-electron chi connectivity index (χ0n) is 18.0. The number of nitrogens with zero attached hydrogens (tertiary/aromatic N) is 2. The molecule has 176 valence electrons. The lowest BCUT2D eigenvalue weighted by Crippen LogP contribution is -2.45. The smallest absolute Gasteiger partial charge is 0.238 e. The van der Waals surface area contributed by atoms with E-state index in [1.54, 1.807) is 18.4 Å². The number of hydrogen-bond donors (Lipinski definition) is 3. The molecule has 0 bridgehead atoms. The van der Waals surface area contributed by atoms with Gasteiger partial charge in [0.05, 0.1) is 17.7 Å². The zero-order valence-corrected chi connectivity index (χ0v) is 21.1. The fourth-order valence-corrected chi connectivity index (χ4v) is 3.90. The van der Waals surface area contributed by atoms with Gasteiger partial charge in [0.1, 0.15) is 5.76 Å². The van der Waals surface area contributed by atoms with Crippen LogP contribution in [0.4, 0.5) is 0 Å². The Labute approximate surface area is 205 Å². The van der Waals surface area contributed by atoms with Gasteiger partial charge in [0, 0.05) is 38.5 Å². The van der Waals surface area contributed by atoms with Crippen LogP contribution in [0.15, 0.2) is 57.0 Å². The lowest BCUT2D eigenvalue weighted by atomic mass is 10.2. The third-order valence-corrected chi connectivity index (χ3v) is 6.03. The highest BCUT2D eigenvalue weighted by Crippen LogP contribution is 2.12. The molecule has 0 radical (unpaired) electrons. The number of sulfonamides is 1. The number of furan rings is 1. The summed E-state index contributed by atoms with van der Waals surface area (Å²) in [6.45, 7) is 4.25. The van der Waals surface area contributed by atoms with Gasteiger partial charge in [0.15, 0.2) is 5.96 Å². The van der Waals surface area contributed by atoms with Crippen LogP contribution in [0.5, 0.6) is 0 Å². The fourth-order valence-electron chi connectivity index (χ4n) is 3.39. The van der Waals surface area contributed by atoms with Crippen molar-refractivity contribution in [3.05, 3.63) is 54.0 Å². The molecular formula is C21H30IN5O4S. The van der Waals surface area contributed by atoms with Gasteiger partial charge in [-0.15, -0.1) is 24.0 Å². The Morgan fingerprint density at radius 1 is 1.28 bits per heavy atom. The summed E-state index contributed by atoms with van der Waals surface area (Å²) >= 11 is 0. The summed E-state index contributed by atoms with van der Waals surface area (Å²) in [5.41, 5.74) is 0.855.